The molecule has 1 rings (SSSR count). The van der Waals surface area contributed by atoms with Crippen molar-refractivity contribution < 1.29 is 29.4 Å². The number of amides is 2. The lowest BCUT2D eigenvalue weighted by Gasteiger charge is -2.27. The van der Waals surface area contributed by atoms with Gasteiger partial charge in [0.2, 0.25) is 11.8 Å². The van der Waals surface area contributed by atoms with Gasteiger partial charge in [-0.1, -0.05) is 0 Å². The van der Waals surface area contributed by atoms with Gasteiger partial charge in [-0.2, -0.15) is 11.8 Å². The average Bonchev–Trinajstić information content (AvgIpc) is 3.00. The maximum absolute atomic E-state index is 12.5. The SMILES string of the molecule is CSCC[C@H](N)C(=O)N[C@@H](CC(=O)O)C(=O)N1CCC[C@@H]1C(=O)O. The fraction of sp³-hybridized carbons (Fsp3) is 0.714. The number of carboxylic acid groups (broad SMARTS) is 2. The van der Waals surface area contributed by atoms with Crippen molar-refractivity contribution in [2.75, 3.05) is 18.6 Å². The minimum atomic E-state index is -1.32. The van der Waals surface area contributed by atoms with Crippen molar-refractivity contribution in [3.05, 3.63) is 0 Å². The van der Waals surface area contributed by atoms with Gasteiger partial charge in [0.05, 0.1) is 12.5 Å². The van der Waals surface area contributed by atoms with Crippen LogP contribution in [0.2, 0.25) is 0 Å². The number of carboxylic acids is 2. The summed E-state index contributed by atoms with van der Waals surface area (Å²) < 4.78 is 0. The highest BCUT2D eigenvalue weighted by molar-refractivity contribution is 7.98. The molecular formula is C14H23N3O6S. The number of likely N-dealkylation sites (tertiary alicyclic amines) is 1. The minimum Gasteiger partial charge on any atom is -0.481 e. The van der Waals surface area contributed by atoms with E-state index in [1.807, 2.05) is 6.26 Å². The fourth-order valence-corrected chi connectivity index (χ4v) is 3.01. The molecule has 1 heterocycles. The molecule has 9 nitrogen and oxygen atoms in total. The summed E-state index contributed by atoms with van der Waals surface area (Å²) in [5.74, 6) is -3.07. The molecule has 3 atom stereocenters. The zero-order chi connectivity index (χ0) is 18.3. The number of nitrogens with two attached hydrogens (primary N) is 1. The van der Waals surface area contributed by atoms with Crippen LogP contribution in [0.5, 0.6) is 0 Å². The summed E-state index contributed by atoms with van der Waals surface area (Å²) in [4.78, 5) is 47.9. The van der Waals surface area contributed by atoms with Gasteiger partial charge in [-0.05, 0) is 31.3 Å². The van der Waals surface area contributed by atoms with E-state index >= 15 is 0 Å². The number of hydrogen-bond acceptors (Lipinski definition) is 6. The molecular weight excluding hydrogens is 338 g/mol. The van der Waals surface area contributed by atoms with E-state index in [4.69, 9.17) is 15.9 Å². The molecule has 10 heteroatoms. The van der Waals surface area contributed by atoms with Crippen molar-refractivity contribution in [2.45, 2.75) is 43.8 Å². The van der Waals surface area contributed by atoms with Crippen LogP contribution in [0, 0.1) is 0 Å². The van der Waals surface area contributed by atoms with Crippen LogP contribution in [0.25, 0.3) is 0 Å². The van der Waals surface area contributed by atoms with Crippen LogP contribution >= 0.6 is 11.8 Å². The third-order valence-electron chi connectivity index (χ3n) is 3.78. The third kappa shape index (κ3) is 5.68. The van der Waals surface area contributed by atoms with Crippen LogP contribution in [-0.2, 0) is 19.2 Å². The Morgan fingerprint density at radius 3 is 2.54 bits per heavy atom. The molecule has 136 valence electrons. The number of nitrogens with one attached hydrogen (secondary N) is 1. The van der Waals surface area contributed by atoms with Crippen molar-refractivity contribution in [3.8, 4) is 0 Å². The number of carbonyl (C=O) groups is 4. The van der Waals surface area contributed by atoms with Crippen LogP contribution in [0.4, 0.5) is 0 Å². The summed E-state index contributed by atoms with van der Waals surface area (Å²) in [5.41, 5.74) is 5.72. The summed E-state index contributed by atoms with van der Waals surface area (Å²) in [6.07, 6.45) is 2.46. The highest BCUT2D eigenvalue weighted by Crippen LogP contribution is 2.19. The standard InChI is InChI=1S/C14H23N3O6S/c1-24-6-4-8(15)12(20)16-9(7-11(18)19)13(21)17-5-2-3-10(17)14(22)23/h8-10H,2-7,15H2,1H3,(H,16,20)(H,18,19)(H,22,23)/t8-,9-,10+/m0/s1. The predicted molar refractivity (Wildman–Crippen MR) is 87.5 cm³/mol. The van der Waals surface area contributed by atoms with Gasteiger partial charge in [0.1, 0.15) is 12.1 Å². The lowest BCUT2D eigenvalue weighted by atomic mass is 10.1. The first kappa shape index (κ1) is 20.2. The lowest BCUT2D eigenvalue weighted by Crippen LogP contribution is -2.55. The zero-order valence-corrected chi connectivity index (χ0v) is 14.3. The van der Waals surface area contributed by atoms with Gasteiger partial charge in [0, 0.05) is 6.54 Å². The molecule has 0 saturated carbocycles. The molecule has 0 aromatic heterocycles. The van der Waals surface area contributed by atoms with E-state index < -0.39 is 48.3 Å². The summed E-state index contributed by atoms with van der Waals surface area (Å²) in [7, 11) is 0. The molecule has 0 aromatic carbocycles. The van der Waals surface area contributed by atoms with E-state index in [2.05, 4.69) is 5.32 Å². The molecule has 1 aliphatic rings. The predicted octanol–water partition coefficient (Wildman–Crippen LogP) is -0.898. The van der Waals surface area contributed by atoms with Crippen LogP contribution in [-0.4, -0.2) is 75.5 Å². The number of nitrogens with zero attached hydrogens (tertiary/aromatic N) is 1. The van der Waals surface area contributed by atoms with Gasteiger partial charge in [-0.3, -0.25) is 14.4 Å². The normalized spacial score (nSPS) is 19.6. The molecule has 0 aromatic rings. The number of thioether (sulfide) groups is 1. The Hall–Kier alpha value is -1.81. The van der Waals surface area contributed by atoms with Crippen LogP contribution in [0.15, 0.2) is 0 Å². The van der Waals surface area contributed by atoms with E-state index in [1.165, 1.54) is 11.8 Å². The van der Waals surface area contributed by atoms with Crippen molar-refractivity contribution in [2.24, 2.45) is 5.73 Å². The Bertz CT molecular complexity index is 501. The van der Waals surface area contributed by atoms with Crippen molar-refractivity contribution in [1.82, 2.24) is 10.2 Å². The smallest absolute Gasteiger partial charge is 0.326 e. The highest BCUT2D eigenvalue weighted by atomic mass is 32.2. The molecule has 0 aliphatic carbocycles. The van der Waals surface area contributed by atoms with Gasteiger partial charge in [0.15, 0.2) is 0 Å². The van der Waals surface area contributed by atoms with Crippen molar-refractivity contribution in [1.29, 1.82) is 0 Å². The van der Waals surface area contributed by atoms with Crippen molar-refractivity contribution >= 4 is 35.5 Å². The van der Waals surface area contributed by atoms with E-state index in [-0.39, 0.29) is 6.54 Å². The Balaban J connectivity index is 2.80. The molecule has 0 unspecified atom stereocenters. The lowest BCUT2D eigenvalue weighted by molar-refractivity contribution is -0.150. The number of carbonyl (C=O) groups excluding carboxylic acids is 2. The number of rotatable bonds is 9. The first-order valence-corrected chi connectivity index (χ1v) is 8.97. The first-order chi connectivity index (χ1) is 11.3. The molecule has 5 N–H and O–H groups in total. The Labute approximate surface area is 143 Å². The van der Waals surface area contributed by atoms with Gasteiger partial charge in [0.25, 0.3) is 0 Å². The Kier molecular flexibility index (Phi) is 7.99. The molecule has 1 saturated heterocycles. The topological polar surface area (TPSA) is 150 Å². The van der Waals surface area contributed by atoms with E-state index in [1.54, 1.807) is 0 Å². The molecule has 1 fully saturated rings. The van der Waals surface area contributed by atoms with Crippen LogP contribution < -0.4 is 11.1 Å². The third-order valence-corrected chi connectivity index (χ3v) is 4.43. The first-order valence-electron chi connectivity index (χ1n) is 7.57. The maximum Gasteiger partial charge on any atom is 0.326 e. The number of hydrogen-bond donors (Lipinski definition) is 4. The molecule has 0 bridgehead atoms. The molecule has 1 aliphatic heterocycles. The summed E-state index contributed by atoms with van der Waals surface area (Å²) >= 11 is 1.51. The average molecular weight is 361 g/mol. The molecule has 0 spiro atoms. The fourth-order valence-electron chi connectivity index (χ4n) is 2.52. The zero-order valence-electron chi connectivity index (χ0n) is 13.4. The summed E-state index contributed by atoms with van der Waals surface area (Å²) in [5, 5.41) is 20.5. The minimum absolute atomic E-state index is 0.223. The van der Waals surface area contributed by atoms with E-state index in [9.17, 15) is 19.2 Å². The second kappa shape index (κ2) is 9.48. The van der Waals surface area contributed by atoms with E-state index in [0.717, 1.165) is 4.90 Å². The molecule has 24 heavy (non-hydrogen) atoms. The van der Waals surface area contributed by atoms with Crippen LogP contribution in [0.3, 0.4) is 0 Å². The monoisotopic (exact) mass is 361 g/mol. The highest BCUT2D eigenvalue weighted by Gasteiger charge is 2.38. The quantitative estimate of drug-likeness (QED) is 0.413. The second-order valence-corrected chi connectivity index (χ2v) is 6.56. The summed E-state index contributed by atoms with van der Waals surface area (Å²) in [6.45, 7) is 0.223. The Morgan fingerprint density at radius 2 is 2.00 bits per heavy atom. The second-order valence-electron chi connectivity index (χ2n) is 5.57. The van der Waals surface area contributed by atoms with Crippen molar-refractivity contribution in [3.63, 3.8) is 0 Å². The maximum atomic E-state index is 12.5. The van der Waals surface area contributed by atoms with Gasteiger partial charge < -0.3 is 26.2 Å². The van der Waals surface area contributed by atoms with Gasteiger partial charge >= 0.3 is 11.9 Å². The largest absolute Gasteiger partial charge is 0.481 e. The molecule has 2 amide bonds. The van der Waals surface area contributed by atoms with Gasteiger partial charge in [-0.25, -0.2) is 4.79 Å². The number of aliphatic carboxylic acids is 2. The van der Waals surface area contributed by atoms with Crippen LogP contribution in [0.1, 0.15) is 25.7 Å². The van der Waals surface area contributed by atoms with E-state index in [0.29, 0.717) is 25.0 Å². The van der Waals surface area contributed by atoms with Gasteiger partial charge in [-0.15, -0.1) is 0 Å². The Morgan fingerprint density at radius 1 is 1.33 bits per heavy atom. The summed E-state index contributed by atoms with van der Waals surface area (Å²) in [6, 6.07) is -3.17. The molecule has 0 radical (unpaired) electrons.